The molecule has 0 amide bonds. The molecule has 0 N–H and O–H groups in total. The number of alkyl halides is 1. The van der Waals surface area contributed by atoms with Crippen LogP contribution in [0.5, 0.6) is 5.75 Å². The number of ether oxygens (including phenoxy) is 1. The van der Waals surface area contributed by atoms with Gasteiger partial charge < -0.3 is 9.64 Å². The Labute approximate surface area is 207 Å². The number of methoxy groups -OCH3 is 1. The quantitative estimate of drug-likeness (QED) is 0.400. The standard InChI is InChI=1S/C28H35FN4O2/c1-20(2)17-25(34)19-33-28(23-5-4-6-26(18-23)35-3)30-27(31-33)22-9-7-21(8-10-22)11-14-32-15-12-24(29)13-16-32/h4-10,18,20,24H,11-17,19H2,1-3H3. The van der Waals surface area contributed by atoms with Gasteiger partial charge in [0.2, 0.25) is 0 Å². The minimum Gasteiger partial charge on any atom is -0.497 e. The van der Waals surface area contributed by atoms with Gasteiger partial charge in [-0.25, -0.2) is 14.1 Å². The highest BCUT2D eigenvalue weighted by Crippen LogP contribution is 2.26. The number of Topliss-reactive ketones (excluding diaryl/α,β-unsaturated/α-hetero) is 1. The normalized spacial score (nSPS) is 15.0. The number of rotatable bonds is 10. The Bertz CT molecular complexity index is 1120. The minimum absolute atomic E-state index is 0.132. The van der Waals surface area contributed by atoms with Gasteiger partial charge in [0.25, 0.3) is 0 Å². The van der Waals surface area contributed by atoms with Crippen LogP contribution in [0.4, 0.5) is 4.39 Å². The minimum atomic E-state index is -0.639. The molecular formula is C28H35FN4O2. The molecule has 1 aliphatic rings. The molecule has 0 bridgehead atoms. The summed E-state index contributed by atoms with van der Waals surface area (Å²) in [6, 6.07) is 15.9. The molecule has 3 aromatic rings. The molecule has 0 aliphatic carbocycles. The van der Waals surface area contributed by atoms with Crippen LogP contribution in [0.15, 0.2) is 48.5 Å². The molecule has 7 heteroatoms. The van der Waals surface area contributed by atoms with E-state index in [0.717, 1.165) is 42.9 Å². The highest BCUT2D eigenvalue weighted by molar-refractivity contribution is 5.79. The first-order valence-electron chi connectivity index (χ1n) is 12.5. The lowest BCUT2D eigenvalue weighted by Gasteiger charge is -2.28. The van der Waals surface area contributed by atoms with E-state index >= 15 is 0 Å². The van der Waals surface area contributed by atoms with E-state index in [1.165, 1.54) is 5.56 Å². The zero-order valence-electron chi connectivity index (χ0n) is 20.9. The Kier molecular flexibility index (Phi) is 8.29. The Morgan fingerprint density at radius 2 is 1.86 bits per heavy atom. The van der Waals surface area contributed by atoms with Gasteiger partial charge in [0.05, 0.1) is 7.11 Å². The van der Waals surface area contributed by atoms with E-state index in [0.29, 0.717) is 36.8 Å². The van der Waals surface area contributed by atoms with Crippen LogP contribution in [-0.4, -0.2) is 58.4 Å². The van der Waals surface area contributed by atoms with Crippen molar-refractivity contribution in [3.05, 3.63) is 54.1 Å². The summed E-state index contributed by atoms with van der Waals surface area (Å²) in [5.41, 5.74) is 3.00. The van der Waals surface area contributed by atoms with Crippen molar-refractivity contribution in [3.63, 3.8) is 0 Å². The summed E-state index contributed by atoms with van der Waals surface area (Å²) >= 11 is 0. The maximum Gasteiger partial charge on any atom is 0.181 e. The topological polar surface area (TPSA) is 60.2 Å². The molecule has 2 heterocycles. The van der Waals surface area contributed by atoms with Crippen LogP contribution in [0.3, 0.4) is 0 Å². The Hall–Kier alpha value is -3.06. The van der Waals surface area contributed by atoms with E-state index in [4.69, 9.17) is 14.8 Å². The van der Waals surface area contributed by atoms with Crippen LogP contribution < -0.4 is 4.74 Å². The Morgan fingerprint density at radius 3 is 2.54 bits per heavy atom. The van der Waals surface area contributed by atoms with Gasteiger partial charge >= 0.3 is 0 Å². The average Bonchev–Trinajstić information content (AvgIpc) is 3.27. The molecule has 2 aromatic carbocycles. The van der Waals surface area contributed by atoms with Crippen molar-refractivity contribution in [1.82, 2.24) is 19.7 Å². The van der Waals surface area contributed by atoms with E-state index in [2.05, 4.69) is 17.0 Å². The second-order valence-electron chi connectivity index (χ2n) is 9.75. The van der Waals surface area contributed by atoms with E-state index in [1.807, 2.05) is 50.2 Å². The van der Waals surface area contributed by atoms with Gasteiger partial charge in [-0.1, -0.05) is 50.2 Å². The predicted molar refractivity (Wildman–Crippen MR) is 136 cm³/mol. The lowest BCUT2D eigenvalue weighted by Crippen LogP contribution is -2.35. The van der Waals surface area contributed by atoms with E-state index in [-0.39, 0.29) is 12.3 Å². The molecule has 1 saturated heterocycles. The fourth-order valence-electron chi connectivity index (χ4n) is 4.47. The first-order valence-corrected chi connectivity index (χ1v) is 12.5. The molecular weight excluding hydrogens is 443 g/mol. The lowest BCUT2D eigenvalue weighted by atomic mass is 10.1. The molecule has 186 valence electrons. The van der Waals surface area contributed by atoms with Crippen LogP contribution >= 0.6 is 0 Å². The maximum absolute atomic E-state index is 13.4. The van der Waals surface area contributed by atoms with E-state index in [9.17, 15) is 9.18 Å². The van der Waals surface area contributed by atoms with Gasteiger partial charge in [0, 0.05) is 37.2 Å². The number of carbonyl (C=O) groups is 1. The van der Waals surface area contributed by atoms with Crippen molar-refractivity contribution >= 4 is 5.78 Å². The molecule has 4 rings (SSSR count). The summed E-state index contributed by atoms with van der Waals surface area (Å²) in [6.07, 6.45) is 2.08. The smallest absolute Gasteiger partial charge is 0.181 e. The van der Waals surface area contributed by atoms with Crippen molar-refractivity contribution in [3.8, 4) is 28.5 Å². The van der Waals surface area contributed by atoms with Gasteiger partial charge in [-0.3, -0.25) is 4.79 Å². The summed E-state index contributed by atoms with van der Waals surface area (Å²) in [7, 11) is 1.63. The molecule has 1 aliphatic heterocycles. The maximum atomic E-state index is 13.4. The SMILES string of the molecule is COc1cccc(-c2nc(-c3ccc(CCN4CCC(F)CC4)cc3)nn2CC(=O)CC(C)C)c1. The number of piperidine rings is 1. The molecule has 0 atom stereocenters. The van der Waals surface area contributed by atoms with Crippen LogP contribution in [-0.2, 0) is 17.8 Å². The van der Waals surface area contributed by atoms with Gasteiger partial charge in [-0.15, -0.1) is 5.10 Å². The van der Waals surface area contributed by atoms with Crippen molar-refractivity contribution < 1.29 is 13.9 Å². The molecule has 1 aromatic heterocycles. The van der Waals surface area contributed by atoms with Gasteiger partial charge in [0.1, 0.15) is 18.5 Å². The molecule has 0 radical (unpaired) electrons. The summed E-state index contributed by atoms with van der Waals surface area (Å²) in [5.74, 6) is 2.40. The number of hydrogen-bond acceptors (Lipinski definition) is 5. The fourth-order valence-corrected chi connectivity index (χ4v) is 4.47. The number of halogens is 1. The van der Waals surface area contributed by atoms with Crippen molar-refractivity contribution in [2.75, 3.05) is 26.7 Å². The number of carbonyl (C=O) groups excluding carboxylic acids is 1. The van der Waals surface area contributed by atoms with Crippen molar-refractivity contribution in [2.45, 2.75) is 52.2 Å². The Balaban J connectivity index is 1.52. The second-order valence-corrected chi connectivity index (χ2v) is 9.75. The molecule has 35 heavy (non-hydrogen) atoms. The van der Waals surface area contributed by atoms with Crippen molar-refractivity contribution in [2.24, 2.45) is 5.92 Å². The highest BCUT2D eigenvalue weighted by Gasteiger charge is 2.19. The third-order valence-electron chi connectivity index (χ3n) is 6.41. The molecule has 1 fully saturated rings. The first kappa shape index (κ1) is 25.0. The molecule has 0 spiro atoms. The third-order valence-corrected chi connectivity index (χ3v) is 6.41. The predicted octanol–water partition coefficient (Wildman–Crippen LogP) is 5.21. The number of ketones is 1. The number of benzene rings is 2. The van der Waals surface area contributed by atoms with Gasteiger partial charge in [0.15, 0.2) is 17.4 Å². The zero-order valence-corrected chi connectivity index (χ0v) is 20.9. The summed E-state index contributed by atoms with van der Waals surface area (Å²) in [5, 5.41) is 4.72. The Morgan fingerprint density at radius 1 is 1.11 bits per heavy atom. The third kappa shape index (κ3) is 6.75. The first-order chi connectivity index (χ1) is 16.9. The van der Waals surface area contributed by atoms with Crippen LogP contribution in [0, 0.1) is 5.92 Å². The summed E-state index contributed by atoms with van der Waals surface area (Å²) in [4.78, 5) is 19.8. The molecule has 0 unspecified atom stereocenters. The summed E-state index contributed by atoms with van der Waals surface area (Å²) < 4.78 is 20.4. The number of likely N-dealkylation sites (tertiary alicyclic amines) is 1. The number of aromatic nitrogens is 3. The summed E-state index contributed by atoms with van der Waals surface area (Å²) in [6.45, 7) is 6.88. The highest BCUT2D eigenvalue weighted by atomic mass is 19.1. The number of hydrogen-bond donors (Lipinski definition) is 0. The van der Waals surface area contributed by atoms with Gasteiger partial charge in [-0.2, -0.15) is 0 Å². The second kappa shape index (κ2) is 11.6. The lowest BCUT2D eigenvalue weighted by molar-refractivity contribution is -0.120. The van der Waals surface area contributed by atoms with Crippen LogP contribution in [0.1, 0.15) is 38.7 Å². The monoisotopic (exact) mass is 478 g/mol. The van der Waals surface area contributed by atoms with Crippen molar-refractivity contribution in [1.29, 1.82) is 0 Å². The van der Waals surface area contributed by atoms with Crippen LogP contribution in [0.25, 0.3) is 22.8 Å². The molecule has 6 nitrogen and oxygen atoms in total. The number of nitrogens with zero attached hydrogens (tertiary/aromatic N) is 4. The molecule has 0 saturated carbocycles. The largest absolute Gasteiger partial charge is 0.497 e. The van der Waals surface area contributed by atoms with Gasteiger partial charge in [-0.05, 0) is 42.9 Å². The van der Waals surface area contributed by atoms with E-state index < -0.39 is 6.17 Å². The van der Waals surface area contributed by atoms with Crippen LogP contribution in [0.2, 0.25) is 0 Å². The average molecular weight is 479 g/mol. The fraction of sp³-hybridized carbons (Fsp3) is 0.464. The zero-order chi connectivity index (χ0) is 24.8. The van der Waals surface area contributed by atoms with E-state index in [1.54, 1.807) is 11.8 Å².